The highest BCUT2D eigenvalue weighted by atomic mass is 35.5. The molecule has 18 heavy (non-hydrogen) atoms. The Morgan fingerprint density at radius 1 is 1.28 bits per heavy atom. The highest BCUT2D eigenvalue weighted by Crippen LogP contribution is 2.33. The topological polar surface area (TPSA) is 46.5 Å². The Morgan fingerprint density at radius 2 is 2.11 bits per heavy atom. The third kappa shape index (κ3) is 1.72. The summed E-state index contributed by atoms with van der Waals surface area (Å²) in [5, 5.41) is 11.4. The van der Waals surface area contributed by atoms with Crippen LogP contribution in [0.5, 0.6) is 0 Å². The Labute approximate surface area is 109 Å². The monoisotopic (exact) mass is 262 g/mol. The molecule has 0 saturated heterocycles. The van der Waals surface area contributed by atoms with Crippen LogP contribution in [0.3, 0.4) is 0 Å². The van der Waals surface area contributed by atoms with E-state index in [4.69, 9.17) is 20.4 Å². The van der Waals surface area contributed by atoms with Gasteiger partial charge < -0.3 is 13.9 Å². The maximum absolute atomic E-state index is 10.2. The first kappa shape index (κ1) is 11.4. The largest absolute Gasteiger partial charge is 0.458 e. The Morgan fingerprint density at radius 3 is 2.78 bits per heavy atom. The van der Waals surface area contributed by atoms with Gasteiger partial charge in [-0.15, -0.1) is 0 Å². The minimum Gasteiger partial charge on any atom is -0.458 e. The van der Waals surface area contributed by atoms with Gasteiger partial charge in [-0.25, -0.2) is 0 Å². The Kier molecular flexibility index (Phi) is 2.65. The minimum absolute atomic E-state index is 0.180. The summed E-state index contributed by atoms with van der Waals surface area (Å²) in [6.07, 6.45) is 0.525. The van der Waals surface area contributed by atoms with Gasteiger partial charge in [-0.05, 0) is 36.2 Å². The predicted molar refractivity (Wildman–Crippen MR) is 68.7 cm³/mol. The number of hydrogen-bond acceptors (Lipinski definition) is 3. The van der Waals surface area contributed by atoms with Crippen LogP contribution < -0.4 is 0 Å². The number of aryl methyl sites for hydroxylation is 1. The van der Waals surface area contributed by atoms with Crippen LogP contribution >= 0.6 is 11.6 Å². The fourth-order valence-corrected chi connectivity index (χ4v) is 2.23. The standard InChI is InChI=1S/C14H11ClO3/c1-8-3-2-4-9-7-11(18-13(8)9)12(16)10-5-6-17-14(10)15/h2-7,12,16H,1H3. The molecule has 0 spiro atoms. The van der Waals surface area contributed by atoms with Crippen molar-refractivity contribution in [3.05, 3.63) is 58.7 Å². The number of aliphatic hydroxyl groups excluding tert-OH is 1. The van der Waals surface area contributed by atoms with Crippen LogP contribution in [0.25, 0.3) is 11.0 Å². The van der Waals surface area contributed by atoms with Crippen LogP contribution in [-0.2, 0) is 0 Å². The third-order valence-electron chi connectivity index (χ3n) is 2.97. The van der Waals surface area contributed by atoms with Gasteiger partial charge in [0.15, 0.2) is 5.22 Å². The average molecular weight is 263 g/mol. The van der Waals surface area contributed by atoms with E-state index in [0.29, 0.717) is 11.3 Å². The summed E-state index contributed by atoms with van der Waals surface area (Å²) in [6.45, 7) is 1.97. The molecule has 0 aliphatic rings. The molecule has 1 aromatic carbocycles. The zero-order chi connectivity index (χ0) is 12.7. The number of hydrogen-bond donors (Lipinski definition) is 1. The predicted octanol–water partition coefficient (Wildman–Crippen LogP) is 4.07. The quantitative estimate of drug-likeness (QED) is 0.757. The summed E-state index contributed by atoms with van der Waals surface area (Å²) in [6, 6.07) is 9.31. The molecule has 0 fully saturated rings. The number of halogens is 1. The van der Waals surface area contributed by atoms with Gasteiger partial charge in [0.1, 0.15) is 17.4 Å². The number of aliphatic hydroxyl groups is 1. The summed E-state index contributed by atoms with van der Waals surface area (Å²) >= 11 is 5.85. The summed E-state index contributed by atoms with van der Waals surface area (Å²) in [7, 11) is 0. The summed E-state index contributed by atoms with van der Waals surface area (Å²) < 4.78 is 10.7. The molecule has 2 aromatic heterocycles. The summed E-state index contributed by atoms with van der Waals surface area (Å²) in [5.74, 6) is 0.461. The zero-order valence-electron chi connectivity index (χ0n) is 9.68. The molecule has 0 aliphatic heterocycles. The SMILES string of the molecule is Cc1cccc2cc(C(O)c3ccoc3Cl)oc12. The lowest BCUT2D eigenvalue weighted by Gasteiger charge is -2.04. The zero-order valence-corrected chi connectivity index (χ0v) is 10.4. The molecule has 3 nitrogen and oxygen atoms in total. The lowest BCUT2D eigenvalue weighted by Crippen LogP contribution is -1.96. The second-order valence-electron chi connectivity index (χ2n) is 4.19. The van der Waals surface area contributed by atoms with Crippen molar-refractivity contribution >= 4 is 22.6 Å². The Hall–Kier alpha value is -1.71. The van der Waals surface area contributed by atoms with Crippen molar-refractivity contribution in [2.45, 2.75) is 13.0 Å². The van der Waals surface area contributed by atoms with E-state index in [9.17, 15) is 5.11 Å². The van der Waals surface area contributed by atoms with Gasteiger partial charge >= 0.3 is 0 Å². The molecular formula is C14H11ClO3. The van der Waals surface area contributed by atoms with Crippen molar-refractivity contribution in [3.8, 4) is 0 Å². The number of benzene rings is 1. The van der Waals surface area contributed by atoms with Crippen LogP contribution in [0.4, 0.5) is 0 Å². The van der Waals surface area contributed by atoms with Gasteiger partial charge in [0.2, 0.25) is 0 Å². The second kappa shape index (κ2) is 4.19. The first-order valence-corrected chi connectivity index (χ1v) is 5.94. The van der Waals surface area contributed by atoms with E-state index >= 15 is 0 Å². The van der Waals surface area contributed by atoms with Gasteiger partial charge in [0.05, 0.1) is 6.26 Å². The third-order valence-corrected chi connectivity index (χ3v) is 3.28. The molecule has 0 amide bonds. The van der Waals surface area contributed by atoms with E-state index in [1.807, 2.05) is 31.2 Å². The molecule has 3 rings (SSSR count). The molecule has 0 radical (unpaired) electrons. The molecule has 1 N–H and O–H groups in total. The van der Waals surface area contributed by atoms with Crippen molar-refractivity contribution in [2.24, 2.45) is 0 Å². The van der Waals surface area contributed by atoms with E-state index in [-0.39, 0.29) is 5.22 Å². The van der Waals surface area contributed by atoms with Gasteiger partial charge in [-0.2, -0.15) is 0 Å². The molecule has 0 saturated carbocycles. The smallest absolute Gasteiger partial charge is 0.199 e. The van der Waals surface area contributed by atoms with Crippen molar-refractivity contribution in [3.63, 3.8) is 0 Å². The fraction of sp³-hybridized carbons (Fsp3) is 0.143. The molecule has 0 aliphatic carbocycles. The van der Waals surface area contributed by atoms with Crippen molar-refractivity contribution < 1.29 is 13.9 Å². The molecular weight excluding hydrogens is 252 g/mol. The molecule has 0 bridgehead atoms. The molecule has 2 heterocycles. The van der Waals surface area contributed by atoms with Gasteiger partial charge in [0, 0.05) is 10.9 Å². The van der Waals surface area contributed by atoms with Crippen molar-refractivity contribution in [1.82, 2.24) is 0 Å². The number of para-hydroxylation sites is 1. The first-order chi connectivity index (χ1) is 8.66. The number of rotatable bonds is 2. The number of fused-ring (bicyclic) bond motifs is 1. The maximum atomic E-state index is 10.2. The van der Waals surface area contributed by atoms with E-state index < -0.39 is 6.10 Å². The van der Waals surface area contributed by atoms with E-state index in [1.54, 1.807) is 6.07 Å². The van der Waals surface area contributed by atoms with Crippen LogP contribution in [0, 0.1) is 6.92 Å². The summed E-state index contributed by atoms with van der Waals surface area (Å²) in [5.41, 5.74) is 2.32. The van der Waals surface area contributed by atoms with Crippen LogP contribution in [-0.4, -0.2) is 5.11 Å². The van der Waals surface area contributed by atoms with E-state index in [2.05, 4.69) is 0 Å². The van der Waals surface area contributed by atoms with Crippen molar-refractivity contribution in [2.75, 3.05) is 0 Å². The summed E-state index contributed by atoms with van der Waals surface area (Å²) in [4.78, 5) is 0. The molecule has 1 atom stereocenters. The van der Waals surface area contributed by atoms with Crippen LogP contribution in [0.2, 0.25) is 5.22 Å². The van der Waals surface area contributed by atoms with Crippen LogP contribution in [0.1, 0.15) is 23.0 Å². The molecule has 1 unspecified atom stereocenters. The molecule has 4 heteroatoms. The Bertz CT molecular complexity index is 696. The maximum Gasteiger partial charge on any atom is 0.199 e. The van der Waals surface area contributed by atoms with Crippen LogP contribution in [0.15, 0.2) is 45.4 Å². The average Bonchev–Trinajstić information content (AvgIpc) is 2.95. The normalized spacial score (nSPS) is 13.1. The van der Waals surface area contributed by atoms with Gasteiger partial charge in [-0.1, -0.05) is 18.2 Å². The van der Waals surface area contributed by atoms with Crippen molar-refractivity contribution in [1.29, 1.82) is 0 Å². The minimum atomic E-state index is -0.914. The second-order valence-corrected chi connectivity index (χ2v) is 4.54. The molecule has 92 valence electrons. The van der Waals surface area contributed by atoms with Gasteiger partial charge in [0.25, 0.3) is 0 Å². The number of furan rings is 2. The first-order valence-electron chi connectivity index (χ1n) is 5.57. The molecule has 3 aromatic rings. The fourth-order valence-electron chi connectivity index (χ4n) is 2.02. The highest BCUT2D eigenvalue weighted by molar-refractivity contribution is 6.29. The Balaban J connectivity index is 2.10. The van der Waals surface area contributed by atoms with E-state index in [1.165, 1.54) is 6.26 Å². The lowest BCUT2D eigenvalue weighted by atomic mass is 10.1. The lowest BCUT2D eigenvalue weighted by molar-refractivity contribution is 0.191. The van der Waals surface area contributed by atoms with E-state index in [0.717, 1.165) is 16.5 Å². The highest BCUT2D eigenvalue weighted by Gasteiger charge is 2.20. The van der Waals surface area contributed by atoms with Gasteiger partial charge in [-0.3, -0.25) is 0 Å².